The first kappa shape index (κ1) is 75.5. The quantitative estimate of drug-likeness (QED) is 0.00887. The van der Waals surface area contributed by atoms with Crippen LogP contribution in [-0.4, -0.2) is 80.0 Å². The lowest BCUT2D eigenvalue weighted by atomic mass is 9.82. The first-order chi connectivity index (χ1) is 47.0. The van der Waals surface area contributed by atoms with Crippen LogP contribution in [0.15, 0.2) is 121 Å². The van der Waals surface area contributed by atoms with E-state index in [2.05, 4.69) is 20.1 Å². The highest BCUT2D eigenvalue weighted by Crippen LogP contribution is 2.36. The first-order valence-corrected chi connectivity index (χ1v) is 36.5. The van der Waals surface area contributed by atoms with Crippen molar-refractivity contribution in [1.29, 1.82) is 0 Å². The molecule has 5 aromatic rings. The number of nitrogens with zero attached hydrogens (tertiary/aromatic N) is 3. The molecule has 96 heavy (non-hydrogen) atoms. The number of benzene rings is 4. The van der Waals surface area contributed by atoms with Crippen LogP contribution in [0.25, 0.3) is 10.2 Å². The number of hydrogen-bond donors (Lipinski definition) is 0. The summed E-state index contributed by atoms with van der Waals surface area (Å²) in [4.78, 5) is 81.8. The normalized spacial score (nSPS) is 16.1. The number of rotatable bonds is 46. The third kappa shape index (κ3) is 28.1. The second-order valence-electron chi connectivity index (χ2n) is 25.3. The van der Waals surface area contributed by atoms with Crippen LogP contribution in [0.1, 0.15) is 218 Å². The smallest absolute Gasteiger partial charge is 0.330 e. The molecule has 0 bridgehead atoms. The van der Waals surface area contributed by atoms with Crippen LogP contribution < -0.4 is 33.4 Å². The van der Waals surface area contributed by atoms with Gasteiger partial charge in [0, 0.05) is 24.3 Å². The van der Waals surface area contributed by atoms with E-state index in [4.69, 9.17) is 48.0 Å². The fourth-order valence-corrected chi connectivity index (χ4v) is 12.9. The van der Waals surface area contributed by atoms with Crippen molar-refractivity contribution in [1.82, 2.24) is 4.98 Å². The van der Waals surface area contributed by atoms with Crippen LogP contribution in [0.4, 0.5) is 5.13 Å². The Morgan fingerprint density at radius 1 is 0.458 bits per heavy atom. The summed E-state index contributed by atoms with van der Waals surface area (Å²) in [5.41, 5.74) is 1.31. The van der Waals surface area contributed by atoms with E-state index in [9.17, 15) is 28.8 Å². The van der Waals surface area contributed by atoms with Crippen LogP contribution in [0.3, 0.4) is 0 Å². The summed E-state index contributed by atoms with van der Waals surface area (Å²) in [5.74, 6) is -0.945. The zero-order valence-corrected chi connectivity index (χ0v) is 57.6. The van der Waals surface area contributed by atoms with Crippen molar-refractivity contribution in [3.05, 3.63) is 122 Å². The molecule has 0 unspecified atom stereocenters. The van der Waals surface area contributed by atoms with Crippen molar-refractivity contribution < 1.29 is 66.7 Å². The lowest BCUT2D eigenvalue weighted by Crippen LogP contribution is -2.30. The molecule has 1 heterocycles. The molecule has 0 atom stereocenters. The average Bonchev–Trinajstić information content (AvgIpc) is 1.51. The second kappa shape index (κ2) is 44.1. The van der Waals surface area contributed by atoms with Gasteiger partial charge in [0.2, 0.25) is 5.13 Å². The molecule has 18 heteroatoms. The Bertz CT molecular complexity index is 3150. The van der Waals surface area contributed by atoms with Gasteiger partial charge in [0.15, 0.2) is 0 Å². The molecular formula is C78H103N3O14S. The van der Waals surface area contributed by atoms with E-state index < -0.39 is 23.8 Å². The van der Waals surface area contributed by atoms with E-state index in [1.165, 1.54) is 76.4 Å². The molecule has 7 rings (SSSR count). The number of hydrogen-bond acceptors (Lipinski definition) is 18. The van der Waals surface area contributed by atoms with E-state index in [0.717, 1.165) is 117 Å². The van der Waals surface area contributed by atoms with Gasteiger partial charge in [0.1, 0.15) is 34.5 Å². The van der Waals surface area contributed by atoms with E-state index in [1.54, 1.807) is 60.0 Å². The number of carbonyl (C=O) groups is 6. The topological polar surface area (TPSA) is 205 Å². The molecule has 1 aromatic heterocycles. The van der Waals surface area contributed by atoms with E-state index >= 15 is 0 Å². The maximum atomic E-state index is 14.0. The molecule has 0 amide bonds. The molecule has 2 aliphatic rings. The number of fused-ring (bicyclic) bond motifs is 1. The zero-order chi connectivity index (χ0) is 67.8. The third-order valence-corrected chi connectivity index (χ3v) is 18.8. The Morgan fingerprint density at radius 3 is 1.26 bits per heavy atom. The van der Waals surface area contributed by atoms with Gasteiger partial charge >= 0.3 is 35.8 Å². The van der Waals surface area contributed by atoms with Gasteiger partial charge < -0.3 is 37.9 Å². The molecule has 520 valence electrons. The number of thiazole rings is 1. The highest BCUT2D eigenvalue weighted by molar-refractivity contribution is 7.22. The van der Waals surface area contributed by atoms with Crippen LogP contribution in [-0.2, 0) is 38.2 Å². The zero-order valence-electron chi connectivity index (χ0n) is 56.7. The highest BCUT2D eigenvalue weighted by atomic mass is 32.1. The second-order valence-corrected chi connectivity index (χ2v) is 26.3. The van der Waals surface area contributed by atoms with Crippen LogP contribution in [0, 0.1) is 23.7 Å². The van der Waals surface area contributed by atoms with Gasteiger partial charge in [-0.15, -0.1) is 0 Å². The predicted octanol–water partition coefficient (Wildman–Crippen LogP) is 18.4. The number of anilines is 1. The standard InChI is InChI=1S/C78H103N3O14S/c1-4-7-8-27-52-81(78-80-69-32-25-26-33-71(69)96-78)79-58-63-57-68(94-76(86)61-36-34-59(35-37-61)74(84)92-66-46-42-64(43-47-66)88-53-28-21-17-13-9-11-15-19-23-30-55-90-72(82)5-2)50-51-70(63)95-77(87)62-40-38-60(39-41-62)75(85)93-67-48-44-65(45-49-67)89-54-29-22-18-14-10-12-16-20-24-31-56-91-73(83)6-3/h5-6,25-26,32-33,42-51,57-62H,2-4,7-24,27-31,34-41,52-56H2,1H3/b79-58+. The molecule has 0 spiro atoms. The monoisotopic (exact) mass is 1340 g/mol. The minimum absolute atomic E-state index is 0.257. The summed E-state index contributed by atoms with van der Waals surface area (Å²) in [6.45, 7) is 11.8. The molecule has 17 nitrogen and oxygen atoms in total. The summed E-state index contributed by atoms with van der Waals surface area (Å²) in [5, 5.41) is 7.56. The largest absolute Gasteiger partial charge is 0.494 e. The molecule has 2 saturated carbocycles. The minimum atomic E-state index is -0.451. The van der Waals surface area contributed by atoms with Crippen LogP contribution in [0.5, 0.6) is 34.5 Å². The number of aromatic nitrogens is 1. The van der Waals surface area contributed by atoms with Crippen molar-refractivity contribution in [2.75, 3.05) is 38.0 Å². The molecule has 4 aromatic carbocycles. The summed E-state index contributed by atoms with van der Waals surface area (Å²) < 4.78 is 46.9. The first-order valence-electron chi connectivity index (χ1n) is 35.7. The molecule has 0 aliphatic heterocycles. The molecule has 0 radical (unpaired) electrons. The van der Waals surface area contributed by atoms with Crippen molar-refractivity contribution in [3.8, 4) is 34.5 Å². The van der Waals surface area contributed by atoms with Gasteiger partial charge in [-0.1, -0.05) is 166 Å². The minimum Gasteiger partial charge on any atom is -0.494 e. The number of unbranched alkanes of at least 4 members (excludes halogenated alkanes) is 21. The fourth-order valence-electron chi connectivity index (χ4n) is 12.0. The van der Waals surface area contributed by atoms with Gasteiger partial charge in [-0.3, -0.25) is 19.2 Å². The van der Waals surface area contributed by atoms with Crippen molar-refractivity contribution in [2.45, 2.75) is 212 Å². The van der Waals surface area contributed by atoms with Gasteiger partial charge in [0.05, 0.1) is 66.5 Å². The van der Waals surface area contributed by atoms with Crippen LogP contribution in [0.2, 0.25) is 0 Å². The summed E-state index contributed by atoms with van der Waals surface area (Å²) in [7, 11) is 0. The SMILES string of the molecule is C=CC(=O)OCCCCCCCCCCCCOc1ccc(OC(=O)C2CCC(C(=O)Oc3ccc(OC(=O)C4CCC(C(=O)Oc5ccc(OCCCCCCCCCCCCOC(=O)C=C)cc5)CC4)c(/C=N/N(CCCCCC)c4nc5ccccc5s4)c3)CC2)cc1. The maximum absolute atomic E-state index is 14.0. The Balaban J connectivity index is 0.839. The molecule has 2 fully saturated rings. The van der Waals surface area contributed by atoms with E-state index in [-0.39, 0.29) is 47.2 Å². The number of esters is 6. The summed E-state index contributed by atoms with van der Waals surface area (Å²) >= 11 is 1.55. The van der Waals surface area contributed by atoms with E-state index in [1.807, 2.05) is 53.5 Å². The predicted molar refractivity (Wildman–Crippen MR) is 377 cm³/mol. The van der Waals surface area contributed by atoms with Crippen LogP contribution >= 0.6 is 11.3 Å². The number of ether oxygens (including phenoxy) is 8. The van der Waals surface area contributed by atoms with Crippen molar-refractivity contribution in [3.63, 3.8) is 0 Å². The third-order valence-electron chi connectivity index (χ3n) is 17.8. The number of hydrazone groups is 1. The van der Waals surface area contributed by atoms with Gasteiger partial charge in [-0.05, 0) is 162 Å². The molecular weight excluding hydrogens is 1230 g/mol. The Hall–Kier alpha value is -7.86. The Morgan fingerprint density at radius 2 is 0.833 bits per heavy atom. The molecule has 0 saturated heterocycles. The molecule has 0 N–H and O–H groups in total. The molecule has 2 aliphatic carbocycles. The Labute approximate surface area is 573 Å². The Kier molecular flexibility index (Phi) is 34.7. The maximum Gasteiger partial charge on any atom is 0.330 e. The van der Waals surface area contributed by atoms with Crippen molar-refractivity contribution in [2.24, 2.45) is 28.8 Å². The average molecular weight is 1340 g/mol. The summed E-state index contributed by atoms with van der Waals surface area (Å²) in [6, 6.07) is 27.2. The number of carbonyl (C=O) groups excluding carboxylic acids is 6. The fraction of sp³-hybridized carbons (Fsp3) is 0.538. The number of para-hydroxylation sites is 1. The van der Waals surface area contributed by atoms with Crippen molar-refractivity contribution >= 4 is 68.7 Å². The lowest BCUT2D eigenvalue weighted by Gasteiger charge is -2.26. The van der Waals surface area contributed by atoms with Gasteiger partial charge in [-0.25, -0.2) is 19.6 Å². The van der Waals surface area contributed by atoms with Gasteiger partial charge in [0.25, 0.3) is 0 Å². The van der Waals surface area contributed by atoms with Gasteiger partial charge in [-0.2, -0.15) is 5.10 Å². The lowest BCUT2D eigenvalue weighted by molar-refractivity contribution is -0.145. The van der Waals surface area contributed by atoms with E-state index in [0.29, 0.717) is 101 Å². The summed E-state index contributed by atoms with van der Waals surface area (Å²) in [6.07, 6.45) is 34.2. The highest BCUT2D eigenvalue weighted by Gasteiger charge is 2.34.